The molecule has 0 spiro atoms. The molecule has 8 heteroatoms. The number of hydrogen-bond donors (Lipinski definition) is 2. The third kappa shape index (κ3) is 5.58. The van der Waals surface area contributed by atoms with E-state index in [1.165, 1.54) is 13.8 Å². The van der Waals surface area contributed by atoms with Crippen LogP contribution < -0.4 is 10.6 Å². The summed E-state index contributed by atoms with van der Waals surface area (Å²) in [4.78, 5) is 47.8. The molecule has 1 rings (SSSR count). The van der Waals surface area contributed by atoms with E-state index in [9.17, 15) is 19.2 Å². The molecule has 1 aromatic rings. The number of esters is 2. The molecule has 0 fully saturated rings. The lowest BCUT2D eigenvalue weighted by Crippen LogP contribution is -2.62. The van der Waals surface area contributed by atoms with Crippen molar-refractivity contribution in [3.8, 4) is 0 Å². The maximum absolute atomic E-state index is 12.5. The zero-order chi connectivity index (χ0) is 19.7. The van der Waals surface area contributed by atoms with Crippen LogP contribution in [0.1, 0.15) is 33.3 Å². The molecule has 0 bridgehead atoms. The van der Waals surface area contributed by atoms with Crippen molar-refractivity contribution >= 4 is 29.4 Å². The third-order valence-electron chi connectivity index (χ3n) is 3.38. The summed E-state index contributed by atoms with van der Waals surface area (Å²) < 4.78 is 10.0. The number of anilines is 1. The minimum Gasteiger partial charge on any atom is -0.464 e. The van der Waals surface area contributed by atoms with E-state index in [0.717, 1.165) is 0 Å². The number of rotatable bonds is 8. The van der Waals surface area contributed by atoms with E-state index in [1.54, 1.807) is 38.1 Å². The van der Waals surface area contributed by atoms with Crippen molar-refractivity contribution in [2.24, 2.45) is 0 Å². The fraction of sp³-hybridized carbons (Fsp3) is 0.444. The van der Waals surface area contributed by atoms with Crippen LogP contribution in [0.4, 0.5) is 5.69 Å². The second kappa shape index (κ2) is 9.55. The smallest absolute Gasteiger partial charge is 0.344 e. The van der Waals surface area contributed by atoms with Crippen LogP contribution in [0.3, 0.4) is 0 Å². The number of carbonyl (C=O) groups excluding carboxylic acids is 4. The first-order chi connectivity index (χ1) is 12.2. The highest BCUT2D eigenvalue weighted by molar-refractivity contribution is 6.08. The zero-order valence-corrected chi connectivity index (χ0v) is 15.4. The number of benzene rings is 1. The number of carbonyl (C=O) groups is 4. The molecule has 0 heterocycles. The van der Waals surface area contributed by atoms with Crippen LogP contribution in [-0.2, 0) is 35.1 Å². The Labute approximate surface area is 152 Å². The van der Waals surface area contributed by atoms with Gasteiger partial charge < -0.3 is 20.1 Å². The Morgan fingerprint density at radius 2 is 1.38 bits per heavy atom. The van der Waals surface area contributed by atoms with Gasteiger partial charge in [-0.1, -0.05) is 12.1 Å². The summed E-state index contributed by atoms with van der Waals surface area (Å²) in [6, 6.07) is 6.54. The molecule has 8 nitrogen and oxygen atoms in total. The van der Waals surface area contributed by atoms with E-state index >= 15 is 0 Å². The molecule has 1 aromatic carbocycles. The summed E-state index contributed by atoms with van der Waals surface area (Å²) in [6.45, 7) is 5.87. The van der Waals surface area contributed by atoms with Crippen molar-refractivity contribution in [2.75, 3.05) is 18.5 Å². The van der Waals surface area contributed by atoms with Crippen LogP contribution >= 0.6 is 0 Å². The summed E-state index contributed by atoms with van der Waals surface area (Å²) in [5.41, 5.74) is -0.833. The van der Waals surface area contributed by atoms with Gasteiger partial charge in [0.1, 0.15) is 0 Å². The molecule has 0 aliphatic heterocycles. The molecule has 0 atom stereocenters. The van der Waals surface area contributed by atoms with Crippen LogP contribution in [0.25, 0.3) is 0 Å². The van der Waals surface area contributed by atoms with Crippen LogP contribution in [0.15, 0.2) is 24.3 Å². The largest absolute Gasteiger partial charge is 0.464 e. The Balaban J connectivity index is 3.24. The van der Waals surface area contributed by atoms with Crippen LogP contribution in [0.5, 0.6) is 0 Å². The number of hydrogen-bond acceptors (Lipinski definition) is 6. The summed E-state index contributed by atoms with van der Waals surface area (Å²) in [6.07, 6.45) is -0.148. The summed E-state index contributed by atoms with van der Waals surface area (Å²) >= 11 is 0. The lowest BCUT2D eigenvalue weighted by atomic mass is 9.90. The van der Waals surface area contributed by atoms with Crippen LogP contribution in [0, 0.1) is 0 Å². The lowest BCUT2D eigenvalue weighted by Gasteiger charge is -2.29. The SMILES string of the molecule is CCOC(=O)C(Cc1ccc(NC(C)=O)cc1)(NC(C)=O)C(=O)OCC. The second-order valence-electron chi connectivity index (χ2n) is 5.58. The molecule has 0 saturated heterocycles. The molecule has 0 radical (unpaired) electrons. The molecule has 0 saturated carbocycles. The van der Waals surface area contributed by atoms with Gasteiger partial charge in [0.2, 0.25) is 17.4 Å². The molecule has 2 amide bonds. The molecular formula is C18H24N2O6. The first-order valence-electron chi connectivity index (χ1n) is 8.24. The van der Waals surface area contributed by atoms with Gasteiger partial charge in [-0.25, -0.2) is 9.59 Å². The Hall–Kier alpha value is -2.90. The van der Waals surface area contributed by atoms with Crippen molar-refractivity contribution in [2.45, 2.75) is 39.7 Å². The predicted molar refractivity (Wildman–Crippen MR) is 94.3 cm³/mol. The molecule has 2 N–H and O–H groups in total. The molecule has 0 aliphatic carbocycles. The number of ether oxygens (including phenoxy) is 2. The van der Waals surface area contributed by atoms with Gasteiger partial charge in [0.05, 0.1) is 13.2 Å². The fourth-order valence-corrected chi connectivity index (χ4v) is 2.40. The van der Waals surface area contributed by atoms with E-state index in [4.69, 9.17) is 9.47 Å². The number of amides is 2. The topological polar surface area (TPSA) is 111 Å². The second-order valence-corrected chi connectivity index (χ2v) is 5.58. The van der Waals surface area contributed by atoms with Gasteiger partial charge in [-0.2, -0.15) is 0 Å². The third-order valence-corrected chi connectivity index (χ3v) is 3.38. The van der Waals surface area contributed by atoms with Gasteiger partial charge in [0.15, 0.2) is 0 Å². The fourth-order valence-electron chi connectivity index (χ4n) is 2.40. The van der Waals surface area contributed by atoms with Crippen molar-refractivity contribution in [1.29, 1.82) is 0 Å². The van der Waals surface area contributed by atoms with Gasteiger partial charge in [-0.3, -0.25) is 9.59 Å². The molecular weight excluding hydrogens is 340 g/mol. The van der Waals surface area contributed by atoms with Gasteiger partial charge in [-0.05, 0) is 31.5 Å². The highest BCUT2D eigenvalue weighted by atomic mass is 16.6. The molecule has 142 valence electrons. The quantitative estimate of drug-likeness (QED) is 0.529. The minimum atomic E-state index is -1.98. The van der Waals surface area contributed by atoms with Crippen molar-refractivity contribution in [3.05, 3.63) is 29.8 Å². The molecule has 0 aromatic heterocycles. The van der Waals surface area contributed by atoms with Crippen LogP contribution in [0.2, 0.25) is 0 Å². The van der Waals surface area contributed by atoms with Gasteiger partial charge in [0, 0.05) is 26.0 Å². The van der Waals surface area contributed by atoms with E-state index in [0.29, 0.717) is 11.3 Å². The lowest BCUT2D eigenvalue weighted by molar-refractivity contribution is -0.168. The van der Waals surface area contributed by atoms with E-state index in [1.807, 2.05) is 0 Å². The minimum absolute atomic E-state index is 0.0427. The van der Waals surface area contributed by atoms with E-state index in [-0.39, 0.29) is 25.5 Å². The van der Waals surface area contributed by atoms with Crippen LogP contribution in [-0.4, -0.2) is 42.5 Å². The van der Waals surface area contributed by atoms with E-state index < -0.39 is 23.4 Å². The van der Waals surface area contributed by atoms with Gasteiger partial charge in [-0.15, -0.1) is 0 Å². The standard InChI is InChI=1S/C18H24N2O6/c1-5-25-16(23)18(20-13(4)22,17(24)26-6-2)11-14-7-9-15(10-8-14)19-12(3)21/h7-10H,5-6,11H2,1-4H3,(H,19,21)(H,20,22). The first-order valence-corrected chi connectivity index (χ1v) is 8.24. The Bertz CT molecular complexity index is 651. The predicted octanol–water partition coefficient (Wildman–Crippen LogP) is 1.19. The van der Waals surface area contributed by atoms with Gasteiger partial charge >= 0.3 is 11.9 Å². The Kier molecular flexibility index (Phi) is 7.77. The normalized spacial score (nSPS) is 10.6. The van der Waals surface area contributed by atoms with Crippen molar-refractivity contribution < 1.29 is 28.7 Å². The maximum atomic E-state index is 12.5. The summed E-state index contributed by atoms with van der Waals surface area (Å²) in [7, 11) is 0. The molecule has 26 heavy (non-hydrogen) atoms. The maximum Gasteiger partial charge on any atom is 0.344 e. The highest BCUT2D eigenvalue weighted by Crippen LogP contribution is 2.20. The molecule has 0 aliphatic rings. The first kappa shape index (κ1) is 21.1. The van der Waals surface area contributed by atoms with E-state index in [2.05, 4.69) is 10.6 Å². The molecule has 0 unspecified atom stereocenters. The monoisotopic (exact) mass is 364 g/mol. The van der Waals surface area contributed by atoms with Crippen molar-refractivity contribution in [3.63, 3.8) is 0 Å². The van der Waals surface area contributed by atoms with Crippen molar-refractivity contribution in [1.82, 2.24) is 5.32 Å². The summed E-state index contributed by atoms with van der Waals surface area (Å²) in [5.74, 6) is -2.57. The number of nitrogens with one attached hydrogen (secondary N) is 2. The Morgan fingerprint density at radius 1 is 0.885 bits per heavy atom. The Morgan fingerprint density at radius 3 is 1.77 bits per heavy atom. The summed E-state index contributed by atoms with van der Waals surface area (Å²) in [5, 5.41) is 5.02. The average Bonchev–Trinajstić information content (AvgIpc) is 2.55. The zero-order valence-electron chi connectivity index (χ0n) is 15.4. The highest BCUT2D eigenvalue weighted by Gasteiger charge is 2.50. The van der Waals surface area contributed by atoms with Gasteiger partial charge in [0.25, 0.3) is 0 Å². The average molecular weight is 364 g/mol.